The lowest BCUT2D eigenvalue weighted by Gasteiger charge is -2.13. The molecule has 2 N–H and O–H groups in total. The van der Waals surface area contributed by atoms with Crippen molar-refractivity contribution >= 4 is 17.3 Å². The molecule has 2 aromatic rings. The molecule has 0 aliphatic carbocycles. The number of aryl methyl sites for hydroxylation is 3. The van der Waals surface area contributed by atoms with Crippen molar-refractivity contribution in [3.63, 3.8) is 0 Å². The van der Waals surface area contributed by atoms with Crippen LogP contribution in [0.3, 0.4) is 0 Å². The lowest BCUT2D eigenvalue weighted by atomic mass is 10.1. The zero-order valence-electron chi connectivity index (χ0n) is 13.5. The van der Waals surface area contributed by atoms with Gasteiger partial charge in [0.25, 0.3) is 0 Å². The second-order valence-electron chi connectivity index (χ2n) is 5.74. The van der Waals surface area contributed by atoms with E-state index in [-0.39, 0.29) is 19.2 Å². The van der Waals surface area contributed by atoms with Crippen LogP contribution < -0.4 is 20.1 Å². The van der Waals surface area contributed by atoms with Crippen LogP contribution >= 0.6 is 0 Å². The van der Waals surface area contributed by atoms with Crippen LogP contribution in [0.15, 0.2) is 30.3 Å². The Morgan fingerprint density at radius 2 is 1.74 bits per heavy atom. The summed E-state index contributed by atoms with van der Waals surface area (Å²) in [6.07, 6.45) is 0. The van der Waals surface area contributed by atoms with Gasteiger partial charge in [0.1, 0.15) is 0 Å². The first kappa shape index (κ1) is 15.2. The molecule has 0 fully saturated rings. The third kappa shape index (κ3) is 3.39. The van der Waals surface area contributed by atoms with Crippen LogP contribution in [-0.2, 0) is 4.79 Å². The van der Waals surface area contributed by atoms with E-state index in [0.717, 1.165) is 28.3 Å². The SMILES string of the molecule is Cc1cc(C)c(NC(=O)CNc2ccc3c(c2)OCO3)c(C)c1. The Labute approximate surface area is 135 Å². The molecule has 0 atom stereocenters. The standard InChI is InChI=1S/C18H20N2O3/c1-11-6-12(2)18(13(3)7-11)20-17(21)9-19-14-4-5-15-16(8-14)23-10-22-15/h4-8,19H,9-10H2,1-3H3,(H,20,21). The Morgan fingerprint density at radius 3 is 2.48 bits per heavy atom. The van der Waals surface area contributed by atoms with Crippen molar-refractivity contribution in [2.45, 2.75) is 20.8 Å². The maximum atomic E-state index is 12.2. The molecular formula is C18H20N2O3. The smallest absolute Gasteiger partial charge is 0.243 e. The van der Waals surface area contributed by atoms with E-state index >= 15 is 0 Å². The molecule has 23 heavy (non-hydrogen) atoms. The van der Waals surface area contributed by atoms with Gasteiger partial charge in [-0.3, -0.25) is 4.79 Å². The maximum Gasteiger partial charge on any atom is 0.243 e. The quantitative estimate of drug-likeness (QED) is 0.908. The van der Waals surface area contributed by atoms with E-state index in [2.05, 4.69) is 22.8 Å². The maximum absolute atomic E-state index is 12.2. The molecule has 0 aromatic heterocycles. The fourth-order valence-electron chi connectivity index (χ4n) is 2.75. The first-order valence-corrected chi connectivity index (χ1v) is 7.54. The van der Waals surface area contributed by atoms with E-state index in [0.29, 0.717) is 5.75 Å². The highest BCUT2D eigenvalue weighted by molar-refractivity contribution is 5.95. The summed E-state index contributed by atoms with van der Waals surface area (Å²) in [6, 6.07) is 9.65. The predicted octanol–water partition coefficient (Wildman–Crippen LogP) is 3.39. The Hall–Kier alpha value is -2.69. The summed E-state index contributed by atoms with van der Waals surface area (Å²) >= 11 is 0. The van der Waals surface area contributed by atoms with Crippen molar-refractivity contribution in [1.82, 2.24) is 0 Å². The molecule has 0 saturated carbocycles. The highest BCUT2D eigenvalue weighted by Crippen LogP contribution is 2.34. The number of hydrogen-bond donors (Lipinski definition) is 2. The molecule has 0 unspecified atom stereocenters. The highest BCUT2D eigenvalue weighted by Gasteiger charge is 2.14. The highest BCUT2D eigenvalue weighted by atomic mass is 16.7. The van der Waals surface area contributed by atoms with Gasteiger partial charge in [0, 0.05) is 17.4 Å². The lowest BCUT2D eigenvalue weighted by Crippen LogP contribution is -2.22. The number of rotatable bonds is 4. The van der Waals surface area contributed by atoms with Crippen molar-refractivity contribution in [1.29, 1.82) is 0 Å². The number of nitrogens with one attached hydrogen (secondary N) is 2. The molecule has 0 spiro atoms. The molecule has 2 aromatic carbocycles. The average Bonchev–Trinajstić information content (AvgIpc) is 2.96. The minimum absolute atomic E-state index is 0.0854. The number of fused-ring (bicyclic) bond motifs is 1. The Balaban J connectivity index is 1.62. The second-order valence-corrected chi connectivity index (χ2v) is 5.74. The molecule has 1 amide bonds. The van der Waals surface area contributed by atoms with Gasteiger partial charge in [0.05, 0.1) is 6.54 Å². The third-order valence-electron chi connectivity index (χ3n) is 3.77. The van der Waals surface area contributed by atoms with Crippen LogP contribution in [0.5, 0.6) is 11.5 Å². The Bertz CT molecular complexity index is 733. The average molecular weight is 312 g/mol. The van der Waals surface area contributed by atoms with Crippen LogP contribution in [-0.4, -0.2) is 19.2 Å². The number of carbonyl (C=O) groups is 1. The van der Waals surface area contributed by atoms with Crippen LogP contribution in [0.2, 0.25) is 0 Å². The number of amides is 1. The first-order valence-electron chi connectivity index (χ1n) is 7.54. The molecule has 0 bridgehead atoms. The number of hydrogen-bond acceptors (Lipinski definition) is 4. The topological polar surface area (TPSA) is 59.6 Å². The van der Waals surface area contributed by atoms with Gasteiger partial charge in [0.15, 0.2) is 11.5 Å². The zero-order valence-corrected chi connectivity index (χ0v) is 13.5. The van der Waals surface area contributed by atoms with E-state index in [9.17, 15) is 4.79 Å². The largest absolute Gasteiger partial charge is 0.454 e. The monoisotopic (exact) mass is 312 g/mol. The number of anilines is 2. The number of benzene rings is 2. The fourth-order valence-corrected chi connectivity index (χ4v) is 2.75. The third-order valence-corrected chi connectivity index (χ3v) is 3.77. The minimum Gasteiger partial charge on any atom is -0.454 e. The van der Waals surface area contributed by atoms with Crippen LogP contribution in [0, 0.1) is 20.8 Å². The molecule has 1 aliphatic heterocycles. The van der Waals surface area contributed by atoms with E-state index in [1.54, 1.807) is 0 Å². The van der Waals surface area contributed by atoms with Gasteiger partial charge in [-0.1, -0.05) is 17.7 Å². The van der Waals surface area contributed by atoms with Gasteiger partial charge in [-0.2, -0.15) is 0 Å². The fraction of sp³-hybridized carbons (Fsp3) is 0.278. The van der Waals surface area contributed by atoms with E-state index in [4.69, 9.17) is 9.47 Å². The summed E-state index contributed by atoms with van der Waals surface area (Å²) in [4.78, 5) is 12.2. The molecule has 1 aliphatic rings. The van der Waals surface area contributed by atoms with E-state index in [1.165, 1.54) is 5.56 Å². The van der Waals surface area contributed by atoms with Crippen molar-refractivity contribution in [2.75, 3.05) is 24.0 Å². The van der Waals surface area contributed by atoms with Crippen LogP contribution in [0.1, 0.15) is 16.7 Å². The van der Waals surface area contributed by atoms with Gasteiger partial charge in [-0.15, -0.1) is 0 Å². The normalized spacial score (nSPS) is 12.1. The summed E-state index contributed by atoms with van der Waals surface area (Å²) in [5.74, 6) is 1.34. The van der Waals surface area contributed by atoms with Crippen molar-refractivity contribution in [3.05, 3.63) is 47.0 Å². The summed E-state index contributed by atoms with van der Waals surface area (Å²) in [5, 5.41) is 6.07. The molecule has 3 rings (SSSR count). The minimum atomic E-state index is -0.0854. The summed E-state index contributed by atoms with van der Waals surface area (Å²) < 4.78 is 10.6. The van der Waals surface area contributed by atoms with Gasteiger partial charge in [0.2, 0.25) is 12.7 Å². The van der Waals surface area contributed by atoms with Crippen molar-refractivity contribution < 1.29 is 14.3 Å². The molecule has 5 nitrogen and oxygen atoms in total. The number of ether oxygens (including phenoxy) is 2. The first-order chi connectivity index (χ1) is 11.0. The Morgan fingerprint density at radius 1 is 1.04 bits per heavy atom. The van der Waals surface area contributed by atoms with E-state index in [1.807, 2.05) is 39.0 Å². The number of carbonyl (C=O) groups excluding carboxylic acids is 1. The van der Waals surface area contributed by atoms with Crippen LogP contribution in [0.4, 0.5) is 11.4 Å². The van der Waals surface area contributed by atoms with Gasteiger partial charge in [-0.05, 0) is 44.0 Å². The zero-order chi connectivity index (χ0) is 16.4. The Kier molecular flexibility index (Phi) is 4.10. The van der Waals surface area contributed by atoms with Gasteiger partial charge >= 0.3 is 0 Å². The van der Waals surface area contributed by atoms with Gasteiger partial charge in [-0.25, -0.2) is 0 Å². The van der Waals surface area contributed by atoms with Crippen LogP contribution in [0.25, 0.3) is 0 Å². The lowest BCUT2D eigenvalue weighted by molar-refractivity contribution is -0.114. The molecule has 1 heterocycles. The summed E-state index contributed by atoms with van der Waals surface area (Å²) in [5.41, 5.74) is 5.03. The van der Waals surface area contributed by atoms with E-state index < -0.39 is 0 Å². The molecule has 0 radical (unpaired) electrons. The van der Waals surface area contributed by atoms with Gasteiger partial charge < -0.3 is 20.1 Å². The molecule has 5 heteroatoms. The van der Waals surface area contributed by atoms with Crippen molar-refractivity contribution in [3.8, 4) is 11.5 Å². The molecule has 120 valence electrons. The molecular weight excluding hydrogens is 292 g/mol. The summed E-state index contributed by atoms with van der Waals surface area (Å²) in [7, 11) is 0. The second kappa shape index (κ2) is 6.20. The summed E-state index contributed by atoms with van der Waals surface area (Å²) in [6.45, 7) is 6.48. The molecule has 0 saturated heterocycles. The predicted molar refractivity (Wildman–Crippen MR) is 90.3 cm³/mol. The van der Waals surface area contributed by atoms with Crippen molar-refractivity contribution in [2.24, 2.45) is 0 Å².